The summed E-state index contributed by atoms with van der Waals surface area (Å²) in [5.41, 5.74) is 7.08. The molecule has 1 unspecified atom stereocenters. The molecule has 1 amide bonds. The van der Waals surface area contributed by atoms with Crippen LogP contribution >= 0.6 is 24.8 Å². The molecule has 1 saturated carbocycles. The Bertz CT molecular complexity index is 544. The van der Waals surface area contributed by atoms with Gasteiger partial charge in [0.15, 0.2) is 0 Å². The van der Waals surface area contributed by atoms with Gasteiger partial charge in [-0.15, -0.1) is 24.8 Å². The molecule has 7 heteroatoms. The lowest BCUT2D eigenvalue weighted by Gasteiger charge is -2.19. The molecule has 3 atom stereocenters. The standard InChI is InChI=1S/C18H26FN3O.2ClH/c19-15-4-6-16(7-5-15)22-9-8-13(12-22)11-21-18(23)10-14-2-1-3-17(14)20;;/h4-7,13-14,17H,1-3,8-12,20H2,(H,21,23);2*1H/t13?,14-,17+;;/m0../s1. The van der Waals surface area contributed by atoms with Crippen LogP contribution in [0.3, 0.4) is 0 Å². The fourth-order valence-electron chi connectivity index (χ4n) is 3.77. The lowest BCUT2D eigenvalue weighted by Crippen LogP contribution is -2.34. The van der Waals surface area contributed by atoms with Gasteiger partial charge in [0.1, 0.15) is 5.82 Å². The van der Waals surface area contributed by atoms with Gasteiger partial charge in [0, 0.05) is 37.8 Å². The van der Waals surface area contributed by atoms with Gasteiger partial charge >= 0.3 is 0 Å². The predicted molar refractivity (Wildman–Crippen MR) is 104 cm³/mol. The van der Waals surface area contributed by atoms with Crippen LogP contribution in [0.4, 0.5) is 10.1 Å². The van der Waals surface area contributed by atoms with Crippen LogP contribution in [0.1, 0.15) is 32.1 Å². The first kappa shape index (κ1) is 22.0. The highest BCUT2D eigenvalue weighted by molar-refractivity contribution is 5.85. The van der Waals surface area contributed by atoms with Crippen molar-refractivity contribution in [1.29, 1.82) is 0 Å². The van der Waals surface area contributed by atoms with Crippen LogP contribution in [0, 0.1) is 17.7 Å². The minimum absolute atomic E-state index is 0. The number of rotatable bonds is 5. The highest BCUT2D eigenvalue weighted by Crippen LogP contribution is 2.27. The van der Waals surface area contributed by atoms with E-state index >= 15 is 0 Å². The van der Waals surface area contributed by atoms with E-state index in [0.717, 1.165) is 51.0 Å². The van der Waals surface area contributed by atoms with Gasteiger partial charge in [-0.25, -0.2) is 4.39 Å². The van der Waals surface area contributed by atoms with Crippen LogP contribution in [-0.2, 0) is 4.79 Å². The number of nitrogens with one attached hydrogen (secondary N) is 1. The Labute approximate surface area is 161 Å². The second kappa shape index (κ2) is 10.2. The zero-order chi connectivity index (χ0) is 16.2. The minimum atomic E-state index is -0.207. The van der Waals surface area contributed by atoms with E-state index in [-0.39, 0.29) is 42.6 Å². The molecule has 1 aliphatic heterocycles. The van der Waals surface area contributed by atoms with Gasteiger partial charge < -0.3 is 16.0 Å². The molecule has 1 aromatic carbocycles. The third-order valence-corrected chi connectivity index (χ3v) is 5.23. The van der Waals surface area contributed by atoms with E-state index < -0.39 is 0 Å². The highest BCUT2D eigenvalue weighted by atomic mass is 35.5. The van der Waals surface area contributed by atoms with Crippen LogP contribution < -0.4 is 16.0 Å². The molecule has 0 bridgehead atoms. The summed E-state index contributed by atoms with van der Waals surface area (Å²) in [6, 6.07) is 6.82. The second-order valence-corrected chi connectivity index (χ2v) is 6.94. The van der Waals surface area contributed by atoms with Crippen molar-refractivity contribution < 1.29 is 9.18 Å². The van der Waals surface area contributed by atoms with Crippen molar-refractivity contribution in [2.45, 2.75) is 38.1 Å². The van der Waals surface area contributed by atoms with Crippen molar-refractivity contribution in [1.82, 2.24) is 5.32 Å². The molecule has 0 spiro atoms. The van der Waals surface area contributed by atoms with E-state index in [1.807, 2.05) is 12.1 Å². The number of halogens is 3. The largest absolute Gasteiger partial charge is 0.371 e. The SMILES string of the molecule is Cl.Cl.N[C@@H]1CCC[C@H]1CC(=O)NCC1CCN(c2ccc(F)cc2)C1. The maximum absolute atomic E-state index is 13.0. The van der Waals surface area contributed by atoms with Gasteiger partial charge in [-0.3, -0.25) is 4.79 Å². The molecule has 3 rings (SSSR count). The molecule has 1 saturated heterocycles. The topological polar surface area (TPSA) is 58.4 Å². The summed E-state index contributed by atoms with van der Waals surface area (Å²) in [4.78, 5) is 14.3. The van der Waals surface area contributed by atoms with Crippen molar-refractivity contribution in [3.8, 4) is 0 Å². The Kier molecular flexibility index (Phi) is 8.97. The molecule has 2 aliphatic rings. The number of nitrogens with two attached hydrogens (primary N) is 1. The summed E-state index contributed by atoms with van der Waals surface area (Å²) in [5, 5.41) is 3.07. The van der Waals surface area contributed by atoms with Crippen molar-refractivity contribution in [3.63, 3.8) is 0 Å². The third-order valence-electron chi connectivity index (χ3n) is 5.23. The van der Waals surface area contributed by atoms with E-state index in [1.165, 1.54) is 12.1 Å². The average Bonchev–Trinajstić information content (AvgIpc) is 3.16. The van der Waals surface area contributed by atoms with Crippen molar-refractivity contribution in [2.24, 2.45) is 17.6 Å². The van der Waals surface area contributed by atoms with E-state index in [2.05, 4.69) is 10.2 Å². The Morgan fingerprint density at radius 1 is 1.20 bits per heavy atom. The zero-order valence-electron chi connectivity index (χ0n) is 14.3. The summed E-state index contributed by atoms with van der Waals surface area (Å²) >= 11 is 0. The quantitative estimate of drug-likeness (QED) is 0.810. The van der Waals surface area contributed by atoms with E-state index in [0.29, 0.717) is 18.3 Å². The lowest BCUT2D eigenvalue weighted by atomic mass is 9.99. The van der Waals surface area contributed by atoms with E-state index in [4.69, 9.17) is 5.73 Å². The molecule has 3 N–H and O–H groups in total. The number of anilines is 1. The predicted octanol–water partition coefficient (Wildman–Crippen LogP) is 3.13. The number of benzene rings is 1. The fourth-order valence-corrected chi connectivity index (χ4v) is 3.77. The number of carbonyl (C=O) groups is 1. The Morgan fingerprint density at radius 2 is 1.92 bits per heavy atom. The summed E-state index contributed by atoms with van der Waals surface area (Å²) in [6.07, 6.45) is 4.90. The van der Waals surface area contributed by atoms with Crippen LogP contribution in [-0.4, -0.2) is 31.6 Å². The molecule has 2 fully saturated rings. The van der Waals surface area contributed by atoms with Crippen LogP contribution in [0.5, 0.6) is 0 Å². The molecular formula is C18H28Cl2FN3O. The number of nitrogens with zero attached hydrogens (tertiary/aromatic N) is 1. The van der Waals surface area contributed by atoms with Gasteiger partial charge in [-0.2, -0.15) is 0 Å². The molecule has 1 heterocycles. The molecular weight excluding hydrogens is 364 g/mol. The van der Waals surface area contributed by atoms with Gasteiger partial charge in [-0.05, 0) is 55.4 Å². The first-order valence-corrected chi connectivity index (χ1v) is 8.64. The molecule has 0 radical (unpaired) electrons. The van der Waals surface area contributed by atoms with Gasteiger partial charge in [0.25, 0.3) is 0 Å². The van der Waals surface area contributed by atoms with Gasteiger partial charge in [0.2, 0.25) is 5.91 Å². The molecule has 1 aromatic rings. The molecule has 142 valence electrons. The normalized spacial score (nSPS) is 25.2. The number of hydrogen-bond donors (Lipinski definition) is 2. The summed E-state index contributed by atoms with van der Waals surface area (Å²) < 4.78 is 13.0. The molecule has 0 aromatic heterocycles. The summed E-state index contributed by atoms with van der Waals surface area (Å²) in [5.74, 6) is 0.741. The Morgan fingerprint density at radius 3 is 2.56 bits per heavy atom. The summed E-state index contributed by atoms with van der Waals surface area (Å²) in [7, 11) is 0. The minimum Gasteiger partial charge on any atom is -0.371 e. The molecule has 4 nitrogen and oxygen atoms in total. The van der Waals surface area contributed by atoms with E-state index in [1.54, 1.807) is 0 Å². The van der Waals surface area contributed by atoms with E-state index in [9.17, 15) is 9.18 Å². The van der Waals surface area contributed by atoms with Crippen molar-refractivity contribution in [3.05, 3.63) is 30.1 Å². The number of hydrogen-bond acceptors (Lipinski definition) is 3. The lowest BCUT2D eigenvalue weighted by molar-refractivity contribution is -0.122. The second-order valence-electron chi connectivity index (χ2n) is 6.94. The zero-order valence-corrected chi connectivity index (χ0v) is 16.0. The third kappa shape index (κ3) is 6.01. The first-order valence-electron chi connectivity index (χ1n) is 8.64. The van der Waals surface area contributed by atoms with Crippen molar-refractivity contribution >= 4 is 36.4 Å². The summed E-state index contributed by atoms with van der Waals surface area (Å²) in [6.45, 7) is 2.59. The first-order chi connectivity index (χ1) is 11.1. The van der Waals surface area contributed by atoms with Crippen LogP contribution in [0.2, 0.25) is 0 Å². The van der Waals surface area contributed by atoms with Crippen LogP contribution in [0.25, 0.3) is 0 Å². The van der Waals surface area contributed by atoms with Gasteiger partial charge in [-0.1, -0.05) is 6.42 Å². The average molecular weight is 392 g/mol. The monoisotopic (exact) mass is 391 g/mol. The number of amides is 1. The molecule has 25 heavy (non-hydrogen) atoms. The smallest absolute Gasteiger partial charge is 0.220 e. The fraction of sp³-hybridized carbons (Fsp3) is 0.611. The Hall–Kier alpha value is -1.04. The highest BCUT2D eigenvalue weighted by Gasteiger charge is 2.27. The van der Waals surface area contributed by atoms with Crippen molar-refractivity contribution in [2.75, 3.05) is 24.5 Å². The van der Waals surface area contributed by atoms with Crippen LogP contribution in [0.15, 0.2) is 24.3 Å². The Balaban J connectivity index is 0.00000156. The maximum atomic E-state index is 13.0. The van der Waals surface area contributed by atoms with Gasteiger partial charge in [0.05, 0.1) is 0 Å². The number of carbonyl (C=O) groups excluding carboxylic acids is 1. The maximum Gasteiger partial charge on any atom is 0.220 e. The molecule has 1 aliphatic carbocycles.